The zero-order valence-electron chi connectivity index (χ0n) is 14.3. The number of alkyl halides is 3. The van der Waals surface area contributed by atoms with Crippen LogP contribution in [0.5, 0.6) is 0 Å². The Balaban J connectivity index is 2.28. The van der Waals surface area contributed by atoms with Crippen LogP contribution in [0.2, 0.25) is 0 Å². The molecule has 1 aliphatic heterocycles. The highest BCUT2D eigenvalue weighted by molar-refractivity contribution is 5.44. The molecule has 1 aliphatic rings. The van der Waals surface area contributed by atoms with Crippen molar-refractivity contribution in [3.8, 4) is 12.3 Å². The summed E-state index contributed by atoms with van der Waals surface area (Å²) in [5.41, 5.74) is -0.901. The van der Waals surface area contributed by atoms with Gasteiger partial charge in [-0.05, 0) is 12.1 Å². The Morgan fingerprint density at radius 2 is 2.11 bits per heavy atom. The molecule has 0 amide bonds. The minimum atomic E-state index is -4.56. The fourth-order valence-electron chi connectivity index (χ4n) is 2.80. The molecule has 3 N–H and O–H groups in total. The monoisotopic (exact) mass is 390 g/mol. The number of nitrogens with zero attached hydrogens (tertiary/aromatic N) is 2. The summed E-state index contributed by atoms with van der Waals surface area (Å²) in [7, 11) is 0. The summed E-state index contributed by atoms with van der Waals surface area (Å²) in [6, 6.07) is 0.785. The smallest absolute Gasteiger partial charge is 0.394 e. The second kappa shape index (κ2) is 9.34. The molecule has 0 spiro atoms. The van der Waals surface area contributed by atoms with E-state index in [1.165, 1.54) is 4.90 Å². The van der Waals surface area contributed by atoms with Crippen molar-refractivity contribution in [3.63, 3.8) is 0 Å². The number of halogens is 3. The van der Waals surface area contributed by atoms with Gasteiger partial charge in [-0.2, -0.15) is 13.2 Å². The lowest BCUT2D eigenvalue weighted by Gasteiger charge is -2.43. The number of hydrogen-bond acceptors (Lipinski definition) is 7. The predicted octanol–water partition coefficient (Wildman–Crippen LogP) is 0.0381. The van der Waals surface area contributed by atoms with Gasteiger partial charge in [-0.3, -0.25) is 0 Å². The predicted molar refractivity (Wildman–Crippen MR) is 88.9 cm³/mol. The van der Waals surface area contributed by atoms with Crippen LogP contribution in [0.15, 0.2) is 18.3 Å². The van der Waals surface area contributed by atoms with Gasteiger partial charge in [0.25, 0.3) is 0 Å². The van der Waals surface area contributed by atoms with Crippen LogP contribution in [0.4, 0.5) is 19.0 Å². The lowest BCUT2D eigenvalue weighted by atomic mass is 9.97. The molecule has 1 fully saturated rings. The molecule has 1 aromatic rings. The Labute approximate surface area is 154 Å². The quantitative estimate of drug-likeness (QED) is 0.447. The van der Waals surface area contributed by atoms with E-state index in [4.69, 9.17) is 21.0 Å². The van der Waals surface area contributed by atoms with Crippen LogP contribution in [0.25, 0.3) is 0 Å². The first kappa shape index (κ1) is 21.4. The lowest BCUT2D eigenvalue weighted by molar-refractivity contribution is -0.157. The SMILES string of the molecule is C#CCOCCN(c1cc(C(F)(F)F)ccn1)[C@H]1CO[C@H](CO)[C@H](O)[C@@H]1O. The van der Waals surface area contributed by atoms with E-state index in [1.54, 1.807) is 0 Å². The van der Waals surface area contributed by atoms with Gasteiger partial charge in [0.15, 0.2) is 0 Å². The zero-order chi connectivity index (χ0) is 20.0. The maximum Gasteiger partial charge on any atom is 0.416 e. The average Bonchev–Trinajstić information content (AvgIpc) is 2.64. The molecule has 1 saturated heterocycles. The molecule has 7 nitrogen and oxygen atoms in total. The summed E-state index contributed by atoms with van der Waals surface area (Å²) in [5.74, 6) is 2.21. The fourth-order valence-corrected chi connectivity index (χ4v) is 2.80. The summed E-state index contributed by atoms with van der Waals surface area (Å²) in [5, 5.41) is 29.6. The van der Waals surface area contributed by atoms with E-state index in [0.717, 1.165) is 18.3 Å². The van der Waals surface area contributed by atoms with Gasteiger partial charge in [0, 0.05) is 12.7 Å². The van der Waals surface area contributed by atoms with Gasteiger partial charge in [0.05, 0.1) is 31.4 Å². The molecule has 0 aromatic carbocycles. The van der Waals surface area contributed by atoms with E-state index in [9.17, 15) is 23.4 Å². The van der Waals surface area contributed by atoms with Crippen molar-refractivity contribution in [1.82, 2.24) is 4.98 Å². The molecule has 10 heteroatoms. The van der Waals surface area contributed by atoms with Crippen molar-refractivity contribution >= 4 is 5.82 Å². The number of aliphatic hydroxyl groups is 3. The zero-order valence-corrected chi connectivity index (χ0v) is 14.3. The molecule has 2 rings (SSSR count). The lowest BCUT2D eigenvalue weighted by Crippen LogP contribution is -2.60. The van der Waals surface area contributed by atoms with Crippen LogP contribution in [0.1, 0.15) is 5.56 Å². The van der Waals surface area contributed by atoms with Gasteiger partial charge >= 0.3 is 6.18 Å². The van der Waals surface area contributed by atoms with Crippen molar-refractivity contribution in [2.45, 2.75) is 30.5 Å². The average molecular weight is 390 g/mol. The second-order valence-electron chi connectivity index (χ2n) is 5.95. The van der Waals surface area contributed by atoms with E-state index in [1.807, 2.05) is 0 Å². The second-order valence-corrected chi connectivity index (χ2v) is 5.95. The largest absolute Gasteiger partial charge is 0.416 e. The fraction of sp³-hybridized carbons (Fsp3) is 0.588. The van der Waals surface area contributed by atoms with E-state index in [2.05, 4.69) is 10.9 Å². The van der Waals surface area contributed by atoms with Gasteiger partial charge in [-0.25, -0.2) is 4.98 Å². The Kier molecular flexibility index (Phi) is 7.41. The number of hydrogen-bond donors (Lipinski definition) is 3. The van der Waals surface area contributed by atoms with Crippen molar-refractivity contribution in [3.05, 3.63) is 23.9 Å². The standard InChI is InChI=1S/C17H21F3N2O5/c1-2-6-26-7-5-22(12-10-27-13(9-23)16(25)15(12)24)14-8-11(3-4-21-14)17(18,19)20/h1,3-4,8,12-13,15-16,23-25H,5-7,9-10H2/t12-,13+,15+,16-/m0/s1. The molecule has 0 radical (unpaired) electrons. The first-order valence-corrected chi connectivity index (χ1v) is 8.19. The molecular formula is C17H21F3N2O5. The van der Waals surface area contributed by atoms with Crippen molar-refractivity contribution in [1.29, 1.82) is 0 Å². The highest BCUT2D eigenvalue weighted by Gasteiger charge is 2.41. The van der Waals surface area contributed by atoms with Crippen LogP contribution in [-0.2, 0) is 15.7 Å². The number of anilines is 1. The first-order chi connectivity index (χ1) is 12.8. The van der Waals surface area contributed by atoms with Crippen LogP contribution in [0.3, 0.4) is 0 Å². The summed E-state index contributed by atoms with van der Waals surface area (Å²) < 4.78 is 49.6. The molecule has 0 bridgehead atoms. The van der Waals surface area contributed by atoms with Crippen LogP contribution >= 0.6 is 0 Å². The number of aromatic nitrogens is 1. The number of pyridine rings is 1. The third-order valence-corrected chi connectivity index (χ3v) is 4.22. The number of ether oxygens (including phenoxy) is 2. The Morgan fingerprint density at radius 3 is 2.74 bits per heavy atom. The van der Waals surface area contributed by atoms with E-state index in [0.29, 0.717) is 0 Å². The van der Waals surface area contributed by atoms with E-state index in [-0.39, 0.29) is 32.2 Å². The normalized spacial score (nSPS) is 25.8. The van der Waals surface area contributed by atoms with Gasteiger partial charge in [-0.1, -0.05) is 5.92 Å². The van der Waals surface area contributed by atoms with E-state index < -0.39 is 42.7 Å². The highest BCUT2D eigenvalue weighted by atomic mass is 19.4. The maximum absolute atomic E-state index is 13.0. The topological polar surface area (TPSA) is 95.3 Å². The minimum absolute atomic E-state index is 0.0167. The Hall–Kier alpha value is -1.90. The molecule has 0 unspecified atom stereocenters. The summed E-state index contributed by atoms with van der Waals surface area (Å²) >= 11 is 0. The minimum Gasteiger partial charge on any atom is -0.394 e. The highest BCUT2D eigenvalue weighted by Crippen LogP contribution is 2.32. The van der Waals surface area contributed by atoms with Crippen molar-refractivity contribution in [2.75, 3.05) is 37.9 Å². The van der Waals surface area contributed by atoms with Crippen molar-refractivity contribution < 1.29 is 38.0 Å². The van der Waals surface area contributed by atoms with Gasteiger partial charge in [0.1, 0.15) is 30.7 Å². The molecule has 0 aliphatic carbocycles. The third kappa shape index (κ3) is 5.31. The first-order valence-electron chi connectivity index (χ1n) is 8.19. The van der Waals surface area contributed by atoms with Crippen LogP contribution < -0.4 is 4.90 Å². The Morgan fingerprint density at radius 1 is 1.37 bits per heavy atom. The number of aliphatic hydroxyl groups excluding tert-OH is 3. The number of rotatable bonds is 7. The molecule has 4 atom stereocenters. The molecule has 27 heavy (non-hydrogen) atoms. The molecule has 2 heterocycles. The van der Waals surface area contributed by atoms with Crippen LogP contribution in [0, 0.1) is 12.3 Å². The summed E-state index contributed by atoms with van der Waals surface area (Å²) in [6.07, 6.45) is -2.22. The van der Waals surface area contributed by atoms with Crippen LogP contribution in [-0.4, -0.2) is 77.6 Å². The summed E-state index contributed by atoms with van der Waals surface area (Å²) in [6.45, 7) is -0.500. The van der Waals surface area contributed by atoms with Gasteiger partial charge in [-0.15, -0.1) is 6.42 Å². The number of terminal acetylenes is 1. The maximum atomic E-state index is 13.0. The van der Waals surface area contributed by atoms with Crippen molar-refractivity contribution in [2.24, 2.45) is 0 Å². The molecule has 0 saturated carbocycles. The molecular weight excluding hydrogens is 369 g/mol. The molecule has 1 aromatic heterocycles. The third-order valence-electron chi connectivity index (χ3n) is 4.22. The Bertz CT molecular complexity index is 652. The van der Waals surface area contributed by atoms with Gasteiger partial charge in [0.2, 0.25) is 0 Å². The molecule has 150 valence electrons. The van der Waals surface area contributed by atoms with E-state index >= 15 is 0 Å². The van der Waals surface area contributed by atoms with Gasteiger partial charge < -0.3 is 29.7 Å². The summed E-state index contributed by atoms with van der Waals surface area (Å²) in [4.78, 5) is 5.33.